The zero-order chi connectivity index (χ0) is 14.1. The molecular formula is C16H24N2OS. The van der Waals surface area contributed by atoms with Crippen molar-refractivity contribution in [3.8, 4) is 0 Å². The summed E-state index contributed by atoms with van der Waals surface area (Å²) in [5.41, 5.74) is 0. The van der Waals surface area contributed by atoms with E-state index in [4.69, 9.17) is 0 Å². The van der Waals surface area contributed by atoms with Crippen molar-refractivity contribution in [2.75, 3.05) is 0 Å². The number of amides is 1. The predicted molar refractivity (Wildman–Crippen MR) is 82.5 cm³/mol. The van der Waals surface area contributed by atoms with Gasteiger partial charge in [-0.25, -0.2) is 0 Å². The lowest BCUT2D eigenvalue weighted by Crippen LogP contribution is -2.41. The third-order valence-electron chi connectivity index (χ3n) is 4.93. The van der Waals surface area contributed by atoms with Gasteiger partial charge in [-0.3, -0.25) is 10.1 Å². The molecule has 3 nitrogen and oxygen atoms in total. The Morgan fingerprint density at radius 2 is 2.20 bits per heavy atom. The van der Waals surface area contributed by atoms with E-state index in [-0.39, 0.29) is 12.2 Å². The fraction of sp³-hybridized carbons (Fsp3) is 0.688. The van der Waals surface area contributed by atoms with Crippen LogP contribution < -0.4 is 5.32 Å². The van der Waals surface area contributed by atoms with E-state index in [1.165, 1.54) is 30.6 Å². The van der Waals surface area contributed by atoms with Gasteiger partial charge in [-0.2, -0.15) is 0 Å². The van der Waals surface area contributed by atoms with Crippen molar-refractivity contribution in [2.45, 2.75) is 64.2 Å². The summed E-state index contributed by atoms with van der Waals surface area (Å²) in [6.07, 6.45) is 6.16. The average Bonchev–Trinajstić information content (AvgIpc) is 3.19. The smallest absolute Gasteiger partial charge is 0.241 e. The maximum Gasteiger partial charge on any atom is 0.241 e. The van der Waals surface area contributed by atoms with Crippen LogP contribution >= 0.6 is 11.3 Å². The summed E-state index contributed by atoms with van der Waals surface area (Å²) < 4.78 is 0. The fourth-order valence-electron chi connectivity index (χ4n) is 3.71. The Hall–Kier alpha value is -0.870. The Labute approximate surface area is 125 Å². The highest BCUT2D eigenvalue weighted by Gasteiger charge is 2.43. The first kappa shape index (κ1) is 14.1. The molecular weight excluding hydrogens is 268 g/mol. The molecule has 3 rings (SSSR count). The quantitative estimate of drug-likeness (QED) is 0.920. The standard InChI is InChI=1S/C16H24N2OS/c1-3-13-16(19)18(11(2)12-7-4-5-8-12)15(17-13)14-9-6-10-20-14/h6,9-13,15,17H,3-5,7-8H2,1-2H3. The number of thiophene rings is 1. The minimum atomic E-state index is -0.00838. The molecule has 1 aromatic heterocycles. The zero-order valence-electron chi connectivity index (χ0n) is 12.3. The van der Waals surface area contributed by atoms with Gasteiger partial charge in [0.2, 0.25) is 5.91 Å². The lowest BCUT2D eigenvalue weighted by molar-refractivity contribution is -0.133. The highest BCUT2D eigenvalue weighted by Crippen LogP contribution is 2.37. The number of nitrogens with zero attached hydrogens (tertiary/aromatic N) is 1. The number of nitrogens with one attached hydrogen (secondary N) is 1. The van der Waals surface area contributed by atoms with E-state index in [0.29, 0.717) is 17.9 Å². The Bertz CT molecular complexity index is 453. The largest absolute Gasteiger partial charge is 0.318 e. The molecule has 3 unspecified atom stereocenters. The summed E-state index contributed by atoms with van der Waals surface area (Å²) in [5.74, 6) is 0.976. The van der Waals surface area contributed by atoms with Crippen LogP contribution in [0.15, 0.2) is 17.5 Å². The Balaban J connectivity index is 1.85. The Morgan fingerprint density at radius 3 is 2.80 bits per heavy atom. The molecule has 1 saturated carbocycles. The van der Waals surface area contributed by atoms with E-state index in [2.05, 4.69) is 41.6 Å². The van der Waals surface area contributed by atoms with E-state index in [1.807, 2.05) is 0 Å². The van der Waals surface area contributed by atoms with Crippen LogP contribution in [0.3, 0.4) is 0 Å². The molecule has 1 aromatic rings. The van der Waals surface area contributed by atoms with Gasteiger partial charge in [-0.05, 0) is 43.6 Å². The fourth-order valence-corrected chi connectivity index (χ4v) is 4.49. The molecule has 2 heterocycles. The van der Waals surface area contributed by atoms with Crippen LogP contribution in [0.25, 0.3) is 0 Å². The maximum atomic E-state index is 12.7. The van der Waals surface area contributed by atoms with Crippen molar-refractivity contribution in [2.24, 2.45) is 5.92 Å². The highest BCUT2D eigenvalue weighted by molar-refractivity contribution is 7.10. The summed E-state index contributed by atoms with van der Waals surface area (Å²) >= 11 is 1.74. The molecule has 0 spiro atoms. The molecule has 0 aromatic carbocycles. The van der Waals surface area contributed by atoms with Crippen LogP contribution in [0.2, 0.25) is 0 Å². The summed E-state index contributed by atoms with van der Waals surface area (Å²) in [6, 6.07) is 4.55. The normalized spacial score (nSPS) is 29.3. The summed E-state index contributed by atoms with van der Waals surface area (Å²) in [5, 5.41) is 5.63. The molecule has 110 valence electrons. The minimum Gasteiger partial charge on any atom is -0.318 e. The van der Waals surface area contributed by atoms with Crippen LogP contribution in [0.5, 0.6) is 0 Å². The van der Waals surface area contributed by atoms with Crippen LogP contribution in [0.4, 0.5) is 0 Å². The van der Waals surface area contributed by atoms with Gasteiger partial charge in [-0.1, -0.05) is 25.8 Å². The molecule has 20 heavy (non-hydrogen) atoms. The van der Waals surface area contributed by atoms with Gasteiger partial charge in [0.25, 0.3) is 0 Å². The third kappa shape index (κ3) is 2.40. The van der Waals surface area contributed by atoms with E-state index in [1.54, 1.807) is 11.3 Å². The second-order valence-electron chi connectivity index (χ2n) is 6.08. The second-order valence-corrected chi connectivity index (χ2v) is 7.06. The summed E-state index contributed by atoms with van der Waals surface area (Å²) in [4.78, 5) is 16.1. The molecule has 0 radical (unpaired) electrons. The molecule has 1 aliphatic carbocycles. The first-order valence-corrected chi connectivity index (χ1v) is 8.72. The van der Waals surface area contributed by atoms with Gasteiger partial charge in [0.1, 0.15) is 6.17 Å². The van der Waals surface area contributed by atoms with E-state index in [9.17, 15) is 4.79 Å². The molecule has 1 saturated heterocycles. The van der Waals surface area contributed by atoms with Gasteiger partial charge in [0, 0.05) is 10.9 Å². The van der Waals surface area contributed by atoms with Crippen LogP contribution in [0.1, 0.15) is 57.0 Å². The maximum absolute atomic E-state index is 12.7. The number of rotatable bonds is 4. The van der Waals surface area contributed by atoms with Gasteiger partial charge in [-0.15, -0.1) is 11.3 Å². The van der Waals surface area contributed by atoms with Crippen LogP contribution in [-0.4, -0.2) is 22.9 Å². The molecule has 3 atom stereocenters. The van der Waals surface area contributed by atoms with Crippen LogP contribution in [-0.2, 0) is 4.79 Å². The third-order valence-corrected chi connectivity index (χ3v) is 5.86. The Morgan fingerprint density at radius 1 is 1.45 bits per heavy atom. The number of carbonyl (C=O) groups is 1. The van der Waals surface area contributed by atoms with E-state index >= 15 is 0 Å². The molecule has 1 amide bonds. The SMILES string of the molecule is CCC1NC(c2cccs2)N(C(C)C2CCCC2)C1=O. The molecule has 1 N–H and O–H groups in total. The van der Waals surface area contributed by atoms with Crippen molar-refractivity contribution in [3.05, 3.63) is 22.4 Å². The van der Waals surface area contributed by atoms with Crippen molar-refractivity contribution in [3.63, 3.8) is 0 Å². The van der Waals surface area contributed by atoms with Crippen LogP contribution in [0, 0.1) is 5.92 Å². The molecule has 0 bridgehead atoms. The molecule has 1 aliphatic heterocycles. The van der Waals surface area contributed by atoms with Gasteiger partial charge >= 0.3 is 0 Å². The van der Waals surface area contributed by atoms with E-state index < -0.39 is 0 Å². The summed E-state index contributed by atoms with van der Waals surface area (Å²) in [6.45, 7) is 4.33. The van der Waals surface area contributed by atoms with E-state index in [0.717, 1.165) is 6.42 Å². The number of hydrogen-bond donors (Lipinski definition) is 1. The number of hydrogen-bond acceptors (Lipinski definition) is 3. The molecule has 2 fully saturated rings. The molecule has 2 aliphatic rings. The lowest BCUT2D eigenvalue weighted by Gasteiger charge is -2.33. The highest BCUT2D eigenvalue weighted by atomic mass is 32.1. The van der Waals surface area contributed by atoms with Gasteiger partial charge < -0.3 is 4.90 Å². The van der Waals surface area contributed by atoms with Crippen molar-refractivity contribution < 1.29 is 4.79 Å². The van der Waals surface area contributed by atoms with Gasteiger partial charge in [0.15, 0.2) is 0 Å². The second kappa shape index (κ2) is 5.86. The molecule has 4 heteroatoms. The predicted octanol–water partition coefficient (Wildman–Crippen LogP) is 3.54. The Kier molecular flexibility index (Phi) is 4.13. The lowest BCUT2D eigenvalue weighted by atomic mass is 9.97. The minimum absolute atomic E-state index is 0.00838. The average molecular weight is 292 g/mol. The van der Waals surface area contributed by atoms with Crippen molar-refractivity contribution in [1.82, 2.24) is 10.2 Å². The first-order chi connectivity index (χ1) is 9.72. The van der Waals surface area contributed by atoms with Crippen molar-refractivity contribution in [1.29, 1.82) is 0 Å². The summed E-state index contributed by atoms with van der Waals surface area (Å²) in [7, 11) is 0. The topological polar surface area (TPSA) is 32.3 Å². The first-order valence-electron chi connectivity index (χ1n) is 7.84. The van der Waals surface area contributed by atoms with Crippen molar-refractivity contribution >= 4 is 17.2 Å². The monoisotopic (exact) mass is 292 g/mol. The number of carbonyl (C=O) groups excluding carboxylic acids is 1. The van der Waals surface area contributed by atoms with Gasteiger partial charge in [0.05, 0.1) is 6.04 Å². The zero-order valence-corrected chi connectivity index (χ0v) is 13.2.